The van der Waals surface area contributed by atoms with E-state index in [1.165, 1.54) is 0 Å². The average Bonchev–Trinajstić information content (AvgIpc) is 2.68. The summed E-state index contributed by atoms with van der Waals surface area (Å²) in [7, 11) is 0. The van der Waals surface area contributed by atoms with E-state index in [1.54, 1.807) is 12.1 Å². The van der Waals surface area contributed by atoms with E-state index in [-0.39, 0.29) is 5.84 Å². The van der Waals surface area contributed by atoms with Gasteiger partial charge >= 0.3 is 0 Å². The summed E-state index contributed by atoms with van der Waals surface area (Å²) < 4.78 is 5.39. The first-order valence-electron chi connectivity index (χ1n) is 4.55. The van der Waals surface area contributed by atoms with Crippen LogP contribution >= 0.6 is 0 Å². The van der Waals surface area contributed by atoms with Gasteiger partial charge in [0.05, 0.1) is 0 Å². The maximum atomic E-state index is 8.44. The molecule has 78 valence electrons. The second-order valence-corrected chi connectivity index (χ2v) is 2.80. The van der Waals surface area contributed by atoms with Gasteiger partial charge in [-0.3, -0.25) is 0 Å². The monoisotopic (exact) mass is 197 g/mol. The highest BCUT2D eigenvalue weighted by molar-refractivity contribution is 5.94. The van der Waals surface area contributed by atoms with Gasteiger partial charge in [0, 0.05) is 19.2 Å². The van der Waals surface area contributed by atoms with E-state index in [2.05, 4.69) is 5.16 Å². The quantitative estimate of drug-likeness (QED) is 0.329. The van der Waals surface area contributed by atoms with Crippen molar-refractivity contribution in [2.75, 3.05) is 18.0 Å². The number of rotatable bonds is 4. The molecule has 5 nitrogen and oxygen atoms in total. The Morgan fingerprint density at radius 3 is 2.64 bits per heavy atom. The zero-order valence-corrected chi connectivity index (χ0v) is 8.40. The van der Waals surface area contributed by atoms with E-state index in [9.17, 15) is 0 Å². The zero-order valence-electron chi connectivity index (χ0n) is 8.40. The number of hydrogen-bond donors (Lipinski definition) is 2. The molecule has 0 aliphatic carbocycles. The van der Waals surface area contributed by atoms with Crippen LogP contribution in [0.25, 0.3) is 0 Å². The molecule has 1 rings (SSSR count). The Hall–Kier alpha value is -1.65. The van der Waals surface area contributed by atoms with Gasteiger partial charge in [-0.1, -0.05) is 5.16 Å². The molecule has 0 radical (unpaired) electrons. The molecule has 0 saturated carbocycles. The summed E-state index contributed by atoms with van der Waals surface area (Å²) >= 11 is 0. The fraction of sp³-hybridized carbons (Fsp3) is 0.444. The molecule has 0 aliphatic heterocycles. The van der Waals surface area contributed by atoms with Crippen molar-refractivity contribution in [1.82, 2.24) is 0 Å². The lowest BCUT2D eigenvalue weighted by atomic mass is 10.4. The first-order chi connectivity index (χ1) is 6.72. The van der Waals surface area contributed by atoms with Gasteiger partial charge in [0.25, 0.3) is 0 Å². The van der Waals surface area contributed by atoms with Crippen LogP contribution in [0.2, 0.25) is 0 Å². The van der Waals surface area contributed by atoms with Crippen molar-refractivity contribution < 1.29 is 9.62 Å². The van der Waals surface area contributed by atoms with E-state index < -0.39 is 0 Å². The lowest BCUT2D eigenvalue weighted by Crippen LogP contribution is -2.21. The molecule has 0 aliphatic rings. The van der Waals surface area contributed by atoms with Crippen LogP contribution in [0.5, 0.6) is 0 Å². The molecule has 14 heavy (non-hydrogen) atoms. The van der Waals surface area contributed by atoms with Crippen molar-refractivity contribution in [3.63, 3.8) is 0 Å². The van der Waals surface area contributed by atoms with Gasteiger partial charge in [-0.25, -0.2) is 0 Å². The number of amidine groups is 1. The highest BCUT2D eigenvalue weighted by atomic mass is 16.4. The molecule has 0 fully saturated rings. The fourth-order valence-electron chi connectivity index (χ4n) is 1.22. The zero-order chi connectivity index (χ0) is 10.6. The molecule has 3 N–H and O–H groups in total. The molecule has 0 atom stereocenters. The molecule has 0 saturated heterocycles. The third-order valence-electron chi connectivity index (χ3n) is 2.03. The number of anilines is 1. The standard InChI is InChI=1S/C9H15N3O2/c1-3-12(4-2)8-6-5-7(14-8)9(10)11-13/h5-6,13H,3-4H2,1-2H3,(H2,10,11). The van der Waals surface area contributed by atoms with E-state index in [0.717, 1.165) is 19.0 Å². The molecule has 5 heteroatoms. The Bertz CT molecular complexity index is 316. The lowest BCUT2D eigenvalue weighted by Gasteiger charge is -2.16. The third-order valence-corrected chi connectivity index (χ3v) is 2.03. The van der Waals surface area contributed by atoms with Crippen LogP contribution in [-0.4, -0.2) is 24.1 Å². The van der Waals surface area contributed by atoms with Crippen LogP contribution < -0.4 is 10.6 Å². The van der Waals surface area contributed by atoms with Crippen LogP contribution in [0.15, 0.2) is 21.7 Å². The van der Waals surface area contributed by atoms with E-state index in [1.807, 2.05) is 18.7 Å². The summed E-state index contributed by atoms with van der Waals surface area (Å²) in [6, 6.07) is 3.49. The smallest absolute Gasteiger partial charge is 0.206 e. The minimum absolute atomic E-state index is 0.0107. The van der Waals surface area contributed by atoms with Crippen LogP contribution in [0.1, 0.15) is 19.6 Å². The summed E-state index contributed by atoms with van der Waals surface area (Å²) in [5, 5.41) is 11.3. The number of oxime groups is 1. The summed E-state index contributed by atoms with van der Waals surface area (Å²) in [4.78, 5) is 2.04. The van der Waals surface area contributed by atoms with E-state index >= 15 is 0 Å². The summed E-state index contributed by atoms with van der Waals surface area (Å²) in [5.41, 5.74) is 5.38. The Morgan fingerprint density at radius 1 is 1.50 bits per heavy atom. The maximum Gasteiger partial charge on any atom is 0.206 e. The lowest BCUT2D eigenvalue weighted by molar-refractivity contribution is 0.317. The molecule has 0 unspecified atom stereocenters. The molecule has 1 aromatic heterocycles. The predicted octanol–water partition coefficient (Wildman–Crippen LogP) is 1.22. The Balaban J connectivity index is 2.87. The third kappa shape index (κ3) is 1.99. The van der Waals surface area contributed by atoms with Crippen LogP contribution in [0, 0.1) is 0 Å². The molecule has 1 aromatic rings. The number of furan rings is 1. The molecule has 0 bridgehead atoms. The highest BCUT2D eigenvalue weighted by Crippen LogP contribution is 2.17. The molecule has 0 spiro atoms. The number of hydrogen-bond acceptors (Lipinski definition) is 4. The van der Waals surface area contributed by atoms with Crippen molar-refractivity contribution in [3.8, 4) is 0 Å². The van der Waals surface area contributed by atoms with Crippen molar-refractivity contribution >= 4 is 11.7 Å². The van der Waals surface area contributed by atoms with Gasteiger partial charge in [-0.2, -0.15) is 0 Å². The molecule has 1 heterocycles. The topological polar surface area (TPSA) is 75.0 Å². The van der Waals surface area contributed by atoms with E-state index in [0.29, 0.717) is 5.76 Å². The maximum absolute atomic E-state index is 8.44. The first kappa shape index (κ1) is 10.4. The first-order valence-corrected chi connectivity index (χ1v) is 4.55. The van der Waals surface area contributed by atoms with Gasteiger partial charge in [0.2, 0.25) is 5.84 Å². The number of nitrogens with two attached hydrogens (primary N) is 1. The Labute approximate surface area is 82.8 Å². The largest absolute Gasteiger partial charge is 0.437 e. The van der Waals surface area contributed by atoms with Crippen molar-refractivity contribution in [1.29, 1.82) is 0 Å². The fourth-order valence-corrected chi connectivity index (χ4v) is 1.22. The van der Waals surface area contributed by atoms with Crippen molar-refractivity contribution in [3.05, 3.63) is 17.9 Å². The normalized spacial score (nSPS) is 11.7. The Kier molecular flexibility index (Phi) is 3.39. The molecular formula is C9H15N3O2. The summed E-state index contributed by atoms with van der Waals surface area (Å²) in [5.74, 6) is 1.11. The van der Waals surface area contributed by atoms with Gasteiger partial charge in [-0.05, 0) is 19.9 Å². The van der Waals surface area contributed by atoms with Crippen LogP contribution in [0.4, 0.5) is 5.88 Å². The summed E-state index contributed by atoms with van der Waals surface area (Å²) in [6.45, 7) is 5.80. The van der Waals surface area contributed by atoms with Gasteiger partial charge in [0.15, 0.2) is 11.6 Å². The van der Waals surface area contributed by atoms with Gasteiger partial charge < -0.3 is 20.3 Å². The Morgan fingerprint density at radius 2 is 2.14 bits per heavy atom. The van der Waals surface area contributed by atoms with Crippen molar-refractivity contribution in [2.24, 2.45) is 10.9 Å². The van der Waals surface area contributed by atoms with Crippen LogP contribution in [0.3, 0.4) is 0 Å². The predicted molar refractivity (Wildman–Crippen MR) is 54.8 cm³/mol. The van der Waals surface area contributed by atoms with Gasteiger partial charge in [-0.15, -0.1) is 0 Å². The van der Waals surface area contributed by atoms with Crippen LogP contribution in [-0.2, 0) is 0 Å². The van der Waals surface area contributed by atoms with E-state index in [4.69, 9.17) is 15.4 Å². The molecule has 0 aromatic carbocycles. The van der Waals surface area contributed by atoms with Gasteiger partial charge in [0.1, 0.15) is 0 Å². The SMILES string of the molecule is CCN(CC)c1ccc(/C(N)=N/O)o1. The van der Waals surface area contributed by atoms with Crippen molar-refractivity contribution in [2.45, 2.75) is 13.8 Å². The second-order valence-electron chi connectivity index (χ2n) is 2.80. The average molecular weight is 197 g/mol. The highest BCUT2D eigenvalue weighted by Gasteiger charge is 2.09. The molecular weight excluding hydrogens is 182 g/mol. The second kappa shape index (κ2) is 4.55. The molecule has 0 amide bonds. The number of nitrogens with zero attached hydrogens (tertiary/aromatic N) is 2. The summed E-state index contributed by atoms with van der Waals surface area (Å²) in [6.07, 6.45) is 0. The minimum atomic E-state index is -0.0107. The minimum Gasteiger partial charge on any atom is -0.437 e.